The number of ether oxygens (including phenoxy) is 1. The Morgan fingerprint density at radius 2 is 1.94 bits per heavy atom. The van der Waals surface area contributed by atoms with E-state index in [4.69, 9.17) is 5.84 Å². The summed E-state index contributed by atoms with van der Waals surface area (Å²) in [6, 6.07) is 6.79. The lowest BCUT2D eigenvalue weighted by molar-refractivity contribution is -0.120. The Hall–Kier alpha value is -2.08. The standard InChI is InChI=1S/C11H15N3O3/c1-17-11(16)8-2-4-9(5-3-8)13-7-6-10(15)14-12/h2-5,13H,6-7,12H2,1H3,(H,14,15). The SMILES string of the molecule is COC(=O)c1ccc(NCCC(=O)NN)cc1. The molecular formula is C11H15N3O3. The van der Waals surface area contributed by atoms with Crippen molar-refractivity contribution in [2.75, 3.05) is 19.0 Å². The van der Waals surface area contributed by atoms with E-state index in [1.54, 1.807) is 24.3 Å². The number of anilines is 1. The molecule has 0 aliphatic rings. The predicted molar refractivity (Wildman–Crippen MR) is 63.2 cm³/mol. The van der Waals surface area contributed by atoms with Crippen LogP contribution in [0.25, 0.3) is 0 Å². The molecule has 0 heterocycles. The molecule has 0 radical (unpaired) electrons. The van der Waals surface area contributed by atoms with Crippen molar-refractivity contribution in [1.82, 2.24) is 5.43 Å². The van der Waals surface area contributed by atoms with Gasteiger partial charge in [-0.2, -0.15) is 0 Å². The first-order valence-electron chi connectivity index (χ1n) is 5.09. The number of amides is 1. The number of carbonyl (C=O) groups is 2. The fourth-order valence-electron chi connectivity index (χ4n) is 1.23. The van der Waals surface area contributed by atoms with E-state index in [2.05, 4.69) is 10.1 Å². The summed E-state index contributed by atoms with van der Waals surface area (Å²) in [5.41, 5.74) is 3.35. The van der Waals surface area contributed by atoms with Gasteiger partial charge in [0.1, 0.15) is 0 Å². The van der Waals surface area contributed by atoms with Crippen molar-refractivity contribution >= 4 is 17.6 Å². The summed E-state index contributed by atoms with van der Waals surface area (Å²) in [6.07, 6.45) is 0.287. The van der Waals surface area contributed by atoms with Gasteiger partial charge >= 0.3 is 5.97 Å². The zero-order chi connectivity index (χ0) is 12.7. The van der Waals surface area contributed by atoms with Crippen LogP contribution in [0, 0.1) is 0 Å². The van der Waals surface area contributed by atoms with Gasteiger partial charge in [0.15, 0.2) is 0 Å². The fraction of sp³-hybridized carbons (Fsp3) is 0.273. The predicted octanol–water partition coefficient (Wildman–Crippen LogP) is 0.265. The van der Waals surface area contributed by atoms with Crippen molar-refractivity contribution in [2.24, 2.45) is 5.84 Å². The zero-order valence-electron chi connectivity index (χ0n) is 9.53. The van der Waals surface area contributed by atoms with Gasteiger partial charge in [-0.05, 0) is 24.3 Å². The minimum absolute atomic E-state index is 0.233. The normalized spacial score (nSPS) is 9.53. The third-order valence-corrected chi connectivity index (χ3v) is 2.15. The minimum Gasteiger partial charge on any atom is -0.465 e. The monoisotopic (exact) mass is 237 g/mol. The first-order valence-corrected chi connectivity index (χ1v) is 5.09. The first-order chi connectivity index (χ1) is 8.17. The van der Waals surface area contributed by atoms with Gasteiger partial charge in [-0.25, -0.2) is 10.6 Å². The van der Waals surface area contributed by atoms with E-state index in [9.17, 15) is 9.59 Å². The molecule has 0 aromatic heterocycles. The summed E-state index contributed by atoms with van der Waals surface area (Å²) < 4.78 is 4.58. The molecule has 0 atom stereocenters. The fourth-order valence-corrected chi connectivity index (χ4v) is 1.23. The van der Waals surface area contributed by atoms with Gasteiger partial charge in [0, 0.05) is 18.7 Å². The Bertz CT molecular complexity index is 389. The summed E-state index contributed by atoms with van der Waals surface area (Å²) in [5, 5.41) is 3.03. The highest BCUT2D eigenvalue weighted by Crippen LogP contribution is 2.10. The highest BCUT2D eigenvalue weighted by atomic mass is 16.5. The van der Waals surface area contributed by atoms with Crippen LogP contribution in [0.1, 0.15) is 16.8 Å². The van der Waals surface area contributed by atoms with Gasteiger partial charge in [0.25, 0.3) is 0 Å². The van der Waals surface area contributed by atoms with Crippen LogP contribution in [0.3, 0.4) is 0 Å². The lowest BCUT2D eigenvalue weighted by Crippen LogP contribution is -2.31. The van der Waals surface area contributed by atoms with Crippen molar-refractivity contribution in [2.45, 2.75) is 6.42 Å². The molecule has 0 saturated carbocycles. The highest BCUT2D eigenvalue weighted by molar-refractivity contribution is 5.89. The number of hydrogen-bond acceptors (Lipinski definition) is 5. The van der Waals surface area contributed by atoms with E-state index in [1.807, 2.05) is 5.43 Å². The Morgan fingerprint density at radius 1 is 1.29 bits per heavy atom. The van der Waals surface area contributed by atoms with E-state index >= 15 is 0 Å². The molecule has 6 heteroatoms. The molecule has 0 unspecified atom stereocenters. The molecule has 1 rings (SSSR count). The average molecular weight is 237 g/mol. The summed E-state index contributed by atoms with van der Waals surface area (Å²) in [5.74, 6) is 4.33. The summed E-state index contributed by atoms with van der Waals surface area (Å²) in [6.45, 7) is 0.473. The molecule has 6 nitrogen and oxygen atoms in total. The maximum absolute atomic E-state index is 11.2. The third kappa shape index (κ3) is 4.12. The van der Waals surface area contributed by atoms with Gasteiger partial charge < -0.3 is 10.1 Å². The second-order valence-corrected chi connectivity index (χ2v) is 3.31. The lowest BCUT2D eigenvalue weighted by Gasteiger charge is -2.06. The number of rotatable bonds is 5. The van der Waals surface area contributed by atoms with Crippen LogP contribution in [-0.2, 0) is 9.53 Å². The molecule has 0 fully saturated rings. The number of nitrogens with two attached hydrogens (primary N) is 1. The number of hydrazine groups is 1. The van der Waals surface area contributed by atoms with Crippen molar-refractivity contribution in [3.05, 3.63) is 29.8 Å². The van der Waals surface area contributed by atoms with Crippen LogP contribution >= 0.6 is 0 Å². The largest absolute Gasteiger partial charge is 0.465 e. The summed E-state index contributed by atoms with van der Waals surface area (Å²) in [7, 11) is 1.33. The molecular weight excluding hydrogens is 222 g/mol. The molecule has 1 aromatic rings. The molecule has 0 spiro atoms. The van der Waals surface area contributed by atoms with Crippen LogP contribution in [0.15, 0.2) is 24.3 Å². The number of methoxy groups -OCH3 is 1. The second kappa shape index (κ2) is 6.49. The van der Waals surface area contributed by atoms with E-state index in [1.165, 1.54) is 7.11 Å². The van der Waals surface area contributed by atoms with Crippen molar-refractivity contribution in [1.29, 1.82) is 0 Å². The topological polar surface area (TPSA) is 93.4 Å². The van der Waals surface area contributed by atoms with Gasteiger partial charge in [0.2, 0.25) is 5.91 Å². The van der Waals surface area contributed by atoms with Gasteiger partial charge in [-0.1, -0.05) is 0 Å². The van der Waals surface area contributed by atoms with Crippen molar-refractivity contribution in [3.63, 3.8) is 0 Å². The molecule has 0 aliphatic heterocycles. The summed E-state index contributed by atoms with van der Waals surface area (Å²) >= 11 is 0. The molecule has 1 amide bonds. The lowest BCUT2D eigenvalue weighted by atomic mass is 10.2. The maximum Gasteiger partial charge on any atom is 0.337 e. The van der Waals surface area contributed by atoms with Gasteiger partial charge in [-0.3, -0.25) is 10.2 Å². The Balaban J connectivity index is 2.46. The first kappa shape index (κ1) is 13.0. The Kier molecular flexibility index (Phi) is 4.96. The maximum atomic E-state index is 11.2. The zero-order valence-corrected chi connectivity index (χ0v) is 9.53. The Morgan fingerprint density at radius 3 is 2.47 bits per heavy atom. The highest BCUT2D eigenvalue weighted by Gasteiger charge is 2.04. The number of carbonyl (C=O) groups excluding carboxylic acids is 2. The third-order valence-electron chi connectivity index (χ3n) is 2.15. The van der Waals surface area contributed by atoms with Crippen LogP contribution in [0.5, 0.6) is 0 Å². The quantitative estimate of drug-likeness (QED) is 0.296. The smallest absolute Gasteiger partial charge is 0.337 e. The number of esters is 1. The van der Waals surface area contributed by atoms with Crippen molar-refractivity contribution in [3.8, 4) is 0 Å². The Labute approximate surface area is 99.1 Å². The molecule has 0 bridgehead atoms. The van der Waals surface area contributed by atoms with Gasteiger partial charge in [-0.15, -0.1) is 0 Å². The van der Waals surface area contributed by atoms with E-state index in [0.717, 1.165) is 5.69 Å². The molecule has 0 aliphatic carbocycles. The van der Waals surface area contributed by atoms with E-state index in [0.29, 0.717) is 12.1 Å². The molecule has 92 valence electrons. The van der Waals surface area contributed by atoms with Crippen molar-refractivity contribution < 1.29 is 14.3 Å². The minimum atomic E-state index is -0.376. The van der Waals surface area contributed by atoms with E-state index in [-0.39, 0.29) is 18.3 Å². The molecule has 17 heavy (non-hydrogen) atoms. The number of benzene rings is 1. The van der Waals surface area contributed by atoms with Crippen LogP contribution in [-0.4, -0.2) is 25.5 Å². The summed E-state index contributed by atoms with van der Waals surface area (Å²) in [4.78, 5) is 22.0. The van der Waals surface area contributed by atoms with Gasteiger partial charge in [0.05, 0.1) is 12.7 Å². The second-order valence-electron chi connectivity index (χ2n) is 3.31. The van der Waals surface area contributed by atoms with E-state index < -0.39 is 0 Å². The van der Waals surface area contributed by atoms with Crippen LogP contribution < -0.4 is 16.6 Å². The average Bonchev–Trinajstić information content (AvgIpc) is 2.38. The van der Waals surface area contributed by atoms with Crippen LogP contribution in [0.4, 0.5) is 5.69 Å². The molecule has 1 aromatic carbocycles. The number of nitrogens with one attached hydrogen (secondary N) is 2. The van der Waals surface area contributed by atoms with Crippen LogP contribution in [0.2, 0.25) is 0 Å². The molecule has 4 N–H and O–H groups in total. The number of hydrogen-bond donors (Lipinski definition) is 3. The molecule has 0 saturated heterocycles.